The van der Waals surface area contributed by atoms with Gasteiger partial charge in [-0.3, -0.25) is 9.67 Å². The fourth-order valence-electron chi connectivity index (χ4n) is 2.63. The zero-order valence-electron chi connectivity index (χ0n) is 14.0. The van der Waals surface area contributed by atoms with Crippen molar-refractivity contribution in [2.45, 2.75) is 26.5 Å². The van der Waals surface area contributed by atoms with E-state index in [0.717, 1.165) is 28.3 Å². The number of hydrogen-bond acceptors (Lipinski definition) is 3. The third-order valence-electron chi connectivity index (χ3n) is 3.83. The van der Waals surface area contributed by atoms with E-state index < -0.39 is 0 Å². The van der Waals surface area contributed by atoms with Crippen molar-refractivity contribution in [1.82, 2.24) is 14.8 Å². The van der Waals surface area contributed by atoms with Crippen LogP contribution in [0, 0.1) is 0 Å². The molecule has 0 unspecified atom stereocenters. The van der Waals surface area contributed by atoms with Crippen LogP contribution in [0.4, 0.5) is 0 Å². The second-order valence-electron chi connectivity index (χ2n) is 5.80. The Hall–Kier alpha value is -2.88. The van der Waals surface area contributed by atoms with Gasteiger partial charge in [-0.1, -0.05) is 36.9 Å². The highest BCUT2D eigenvalue weighted by Crippen LogP contribution is 2.29. The monoisotopic (exact) mass is 319 g/mol. The van der Waals surface area contributed by atoms with Gasteiger partial charge in [-0.05, 0) is 43.2 Å². The van der Waals surface area contributed by atoms with Crippen LogP contribution >= 0.6 is 0 Å². The molecule has 0 saturated heterocycles. The van der Waals surface area contributed by atoms with Crippen LogP contribution in [-0.2, 0) is 6.61 Å². The van der Waals surface area contributed by atoms with Crippen molar-refractivity contribution in [3.63, 3.8) is 0 Å². The third-order valence-corrected chi connectivity index (χ3v) is 3.83. The van der Waals surface area contributed by atoms with Gasteiger partial charge in [-0.2, -0.15) is 5.10 Å². The number of rotatable bonds is 6. The fraction of sp³-hybridized carbons (Fsp3) is 0.200. The molecule has 3 aromatic rings. The first kappa shape index (κ1) is 16.0. The summed E-state index contributed by atoms with van der Waals surface area (Å²) < 4.78 is 8.02. The molecule has 0 atom stereocenters. The molecule has 4 nitrogen and oxygen atoms in total. The molecule has 0 fully saturated rings. The molecule has 3 rings (SSSR count). The molecule has 122 valence electrons. The van der Waals surface area contributed by atoms with Crippen LogP contribution in [0.2, 0.25) is 0 Å². The van der Waals surface area contributed by atoms with E-state index in [2.05, 4.69) is 30.5 Å². The molecule has 0 aliphatic rings. The highest BCUT2D eigenvalue weighted by atomic mass is 16.5. The van der Waals surface area contributed by atoms with Crippen LogP contribution in [0.1, 0.15) is 31.0 Å². The quantitative estimate of drug-likeness (QED) is 0.658. The minimum Gasteiger partial charge on any atom is -0.487 e. The van der Waals surface area contributed by atoms with Gasteiger partial charge in [0.25, 0.3) is 0 Å². The average Bonchev–Trinajstić information content (AvgIpc) is 3.10. The maximum absolute atomic E-state index is 6.07. The highest BCUT2D eigenvalue weighted by molar-refractivity contribution is 5.62. The lowest BCUT2D eigenvalue weighted by Crippen LogP contribution is -2.06. The minimum absolute atomic E-state index is 0.256. The van der Waals surface area contributed by atoms with Gasteiger partial charge in [-0.15, -0.1) is 0 Å². The maximum atomic E-state index is 6.07. The smallest absolute Gasteiger partial charge is 0.147 e. The molecule has 0 aliphatic carbocycles. The Bertz CT molecular complexity index is 836. The van der Waals surface area contributed by atoms with Gasteiger partial charge < -0.3 is 4.74 Å². The van der Waals surface area contributed by atoms with E-state index in [1.165, 1.54) is 0 Å². The summed E-state index contributed by atoms with van der Waals surface area (Å²) in [5.74, 6) is 0.749. The summed E-state index contributed by atoms with van der Waals surface area (Å²) in [5, 5.41) is 4.39. The first-order valence-corrected chi connectivity index (χ1v) is 8.02. The van der Waals surface area contributed by atoms with Gasteiger partial charge in [0.1, 0.15) is 18.1 Å². The molecule has 24 heavy (non-hydrogen) atoms. The molecule has 0 amide bonds. The summed E-state index contributed by atoms with van der Waals surface area (Å²) in [6.45, 7) is 8.52. The van der Waals surface area contributed by atoms with Crippen LogP contribution in [0.3, 0.4) is 0 Å². The van der Waals surface area contributed by atoms with Crippen molar-refractivity contribution in [3.8, 4) is 17.1 Å². The summed E-state index contributed by atoms with van der Waals surface area (Å²) in [5.41, 5.74) is 3.94. The first-order valence-electron chi connectivity index (χ1n) is 8.02. The van der Waals surface area contributed by atoms with E-state index in [9.17, 15) is 0 Å². The largest absolute Gasteiger partial charge is 0.487 e. The Balaban J connectivity index is 1.90. The SMILES string of the molecule is C=Cc1ccccc1COc1cccnc1-c1ccnn1C(C)C. The topological polar surface area (TPSA) is 39.9 Å². The van der Waals surface area contributed by atoms with Crippen LogP contribution in [0.25, 0.3) is 17.5 Å². The van der Waals surface area contributed by atoms with Crippen LogP contribution < -0.4 is 4.74 Å². The van der Waals surface area contributed by atoms with Crippen molar-refractivity contribution >= 4 is 6.08 Å². The lowest BCUT2D eigenvalue weighted by molar-refractivity contribution is 0.306. The molecular formula is C20H21N3O. The fourth-order valence-corrected chi connectivity index (χ4v) is 2.63. The predicted molar refractivity (Wildman–Crippen MR) is 96.7 cm³/mol. The maximum Gasteiger partial charge on any atom is 0.147 e. The van der Waals surface area contributed by atoms with Gasteiger partial charge in [0.2, 0.25) is 0 Å². The summed E-state index contributed by atoms with van der Waals surface area (Å²) in [4.78, 5) is 4.51. The van der Waals surface area contributed by atoms with Crippen molar-refractivity contribution < 1.29 is 4.74 Å². The molecular weight excluding hydrogens is 298 g/mol. The second-order valence-corrected chi connectivity index (χ2v) is 5.80. The van der Waals surface area contributed by atoms with Gasteiger partial charge in [-0.25, -0.2) is 0 Å². The number of nitrogens with zero attached hydrogens (tertiary/aromatic N) is 3. The van der Waals surface area contributed by atoms with Crippen LogP contribution in [0.5, 0.6) is 5.75 Å². The van der Waals surface area contributed by atoms with E-state index in [0.29, 0.717) is 6.61 Å². The second kappa shape index (κ2) is 7.13. The van der Waals surface area contributed by atoms with Crippen LogP contribution in [0.15, 0.2) is 61.4 Å². The lowest BCUT2D eigenvalue weighted by Gasteiger charge is -2.14. The van der Waals surface area contributed by atoms with Crippen molar-refractivity contribution in [1.29, 1.82) is 0 Å². The Kier molecular flexibility index (Phi) is 4.75. The number of hydrogen-bond donors (Lipinski definition) is 0. The molecule has 2 aromatic heterocycles. The van der Waals surface area contributed by atoms with Crippen molar-refractivity contribution in [2.75, 3.05) is 0 Å². The predicted octanol–water partition coefficient (Wildman–Crippen LogP) is 4.75. The molecule has 0 N–H and O–H groups in total. The molecule has 0 bridgehead atoms. The van der Waals surface area contributed by atoms with Crippen molar-refractivity contribution in [3.05, 3.63) is 72.6 Å². The van der Waals surface area contributed by atoms with E-state index in [4.69, 9.17) is 4.74 Å². The lowest BCUT2D eigenvalue weighted by atomic mass is 10.1. The summed E-state index contributed by atoms with van der Waals surface area (Å²) >= 11 is 0. The summed E-state index contributed by atoms with van der Waals surface area (Å²) in [6, 6.07) is 14.1. The van der Waals surface area contributed by atoms with Crippen LogP contribution in [-0.4, -0.2) is 14.8 Å². The standard InChI is InChI=1S/C20H21N3O/c1-4-16-8-5-6-9-17(16)14-24-19-10-7-12-21-20(19)18-11-13-22-23(18)15(2)3/h4-13,15H,1,14H2,2-3H3. The Morgan fingerprint density at radius 2 is 1.96 bits per heavy atom. The van der Waals surface area contributed by atoms with E-state index in [-0.39, 0.29) is 6.04 Å². The van der Waals surface area contributed by atoms with Gasteiger partial charge in [0, 0.05) is 18.4 Å². The number of pyridine rings is 1. The van der Waals surface area contributed by atoms with Gasteiger partial charge >= 0.3 is 0 Å². The highest BCUT2D eigenvalue weighted by Gasteiger charge is 2.14. The Labute approximate surface area is 142 Å². The molecule has 0 saturated carbocycles. The molecule has 2 heterocycles. The normalized spacial score (nSPS) is 10.8. The number of benzene rings is 1. The summed E-state index contributed by atoms with van der Waals surface area (Å²) in [7, 11) is 0. The first-order chi connectivity index (χ1) is 11.7. The zero-order valence-corrected chi connectivity index (χ0v) is 14.0. The molecule has 0 aliphatic heterocycles. The Morgan fingerprint density at radius 3 is 2.75 bits per heavy atom. The van der Waals surface area contributed by atoms with E-state index in [1.54, 1.807) is 12.4 Å². The zero-order chi connectivity index (χ0) is 16.9. The van der Waals surface area contributed by atoms with Gasteiger partial charge in [0.05, 0.1) is 5.69 Å². The van der Waals surface area contributed by atoms with Gasteiger partial charge in [0.15, 0.2) is 0 Å². The van der Waals surface area contributed by atoms with E-state index >= 15 is 0 Å². The minimum atomic E-state index is 0.256. The Morgan fingerprint density at radius 1 is 1.12 bits per heavy atom. The molecule has 0 radical (unpaired) electrons. The number of aromatic nitrogens is 3. The van der Waals surface area contributed by atoms with Crippen molar-refractivity contribution in [2.24, 2.45) is 0 Å². The summed E-state index contributed by atoms with van der Waals surface area (Å²) in [6.07, 6.45) is 5.41. The van der Waals surface area contributed by atoms with E-state index in [1.807, 2.05) is 53.2 Å². The molecule has 4 heteroatoms. The third kappa shape index (κ3) is 3.23. The number of ether oxygens (including phenoxy) is 1. The average molecular weight is 319 g/mol. The molecule has 1 aromatic carbocycles. The molecule has 0 spiro atoms.